The van der Waals surface area contributed by atoms with Gasteiger partial charge in [0.2, 0.25) is 0 Å². The summed E-state index contributed by atoms with van der Waals surface area (Å²) in [5, 5.41) is 16.2. The van der Waals surface area contributed by atoms with Gasteiger partial charge in [-0.05, 0) is 30.2 Å². The third kappa shape index (κ3) is 3.92. The SMILES string of the molecule is CCCc1cc(CN(C)C(=O)c2ccc(CO)cc2)[nH]n1. The molecule has 1 aromatic heterocycles. The lowest BCUT2D eigenvalue weighted by Crippen LogP contribution is -2.26. The summed E-state index contributed by atoms with van der Waals surface area (Å²) in [7, 11) is 1.77. The van der Waals surface area contributed by atoms with Crippen molar-refractivity contribution in [3.63, 3.8) is 0 Å². The highest BCUT2D eigenvalue weighted by Crippen LogP contribution is 2.10. The van der Waals surface area contributed by atoms with Gasteiger partial charge in [0, 0.05) is 12.6 Å². The van der Waals surface area contributed by atoms with Crippen LogP contribution in [-0.4, -0.2) is 33.2 Å². The molecule has 1 aromatic carbocycles. The van der Waals surface area contributed by atoms with Crippen molar-refractivity contribution in [2.75, 3.05) is 7.05 Å². The molecule has 2 aromatic rings. The predicted molar refractivity (Wildman–Crippen MR) is 80.7 cm³/mol. The number of aliphatic hydroxyl groups is 1. The Morgan fingerprint density at radius 3 is 2.67 bits per heavy atom. The standard InChI is InChI=1S/C16H21N3O2/c1-3-4-14-9-15(18-17-14)10-19(2)16(21)13-7-5-12(11-20)6-8-13/h5-9,20H,3-4,10-11H2,1-2H3,(H,17,18). The van der Waals surface area contributed by atoms with Gasteiger partial charge in [0.15, 0.2) is 0 Å². The van der Waals surface area contributed by atoms with Crippen LogP contribution in [0.15, 0.2) is 30.3 Å². The Bertz CT molecular complexity index is 590. The molecular formula is C16H21N3O2. The van der Waals surface area contributed by atoms with Crippen LogP contribution in [0.2, 0.25) is 0 Å². The van der Waals surface area contributed by atoms with Crippen molar-refractivity contribution in [3.05, 3.63) is 52.8 Å². The average molecular weight is 287 g/mol. The van der Waals surface area contributed by atoms with E-state index in [0.29, 0.717) is 12.1 Å². The molecule has 0 aliphatic heterocycles. The smallest absolute Gasteiger partial charge is 0.253 e. The zero-order valence-electron chi connectivity index (χ0n) is 12.5. The van der Waals surface area contributed by atoms with Gasteiger partial charge in [-0.15, -0.1) is 0 Å². The molecule has 0 unspecified atom stereocenters. The molecule has 0 bridgehead atoms. The van der Waals surface area contributed by atoms with Crippen LogP contribution in [0, 0.1) is 0 Å². The van der Waals surface area contributed by atoms with Crippen LogP contribution < -0.4 is 0 Å². The zero-order valence-corrected chi connectivity index (χ0v) is 12.5. The first-order valence-electron chi connectivity index (χ1n) is 7.12. The first-order chi connectivity index (χ1) is 10.1. The minimum absolute atomic E-state index is 0.0152. The number of benzene rings is 1. The lowest BCUT2D eigenvalue weighted by molar-refractivity contribution is 0.0783. The van der Waals surface area contributed by atoms with Gasteiger partial charge in [0.25, 0.3) is 5.91 Å². The number of aliphatic hydroxyl groups excluding tert-OH is 1. The van der Waals surface area contributed by atoms with Crippen LogP contribution in [0.3, 0.4) is 0 Å². The maximum atomic E-state index is 12.3. The average Bonchev–Trinajstić information content (AvgIpc) is 2.94. The van der Waals surface area contributed by atoms with Crippen LogP contribution >= 0.6 is 0 Å². The van der Waals surface area contributed by atoms with Gasteiger partial charge >= 0.3 is 0 Å². The van der Waals surface area contributed by atoms with Crippen molar-refractivity contribution in [1.29, 1.82) is 0 Å². The summed E-state index contributed by atoms with van der Waals surface area (Å²) in [6.45, 7) is 2.59. The number of hydrogen-bond donors (Lipinski definition) is 2. The molecule has 1 heterocycles. The van der Waals surface area contributed by atoms with Gasteiger partial charge < -0.3 is 10.0 Å². The molecule has 5 nitrogen and oxygen atoms in total. The summed E-state index contributed by atoms with van der Waals surface area (Å²) in [6.07, 6.45) is 1.99. The molecule has 5 heteroatoms. The van der Waals surface area contributed by atoms with Crippen molar-refractivity contribution >= 4 is 5.91 Å². The van der Waals surface area contributed by atoms with E-state index >= 15 is 0 Å². The Morgan fingerprint density at radius 2 is 2.05 bits per heavy atom. The molecule has 112 valence electrons. The largest absolute Gasteiger partial charge is 0.392 e. The summed E-state index contributed by atoms with van der Waals surface area (Å²) < 4.78 is 0. The number of nitrogens with one attached hydrogen (secondary N) is 1. The highest BCUT2D eigenvalue weighted by atomic mass is 16.3. The van der Waals surface area contributed by atoms with E-state index in [0.717, 1.165) is 29.8 Å². The van der Waals surface area contributed by atoms with Crippen LogP contribution in [0.1, 0.15) is 40.7 Å². The molecule has 0 atom stereocenters. The Labute approximate surface area is 124 Å². The summed E-state index contributed by atoms with van der Waals surface area (Å²) >= 11 is 0. The van der Waals surface area contributed by atoms with Crippen LogP contribution in [-0.2, 0) is 19.6 Å². The van der Waals surface area contributed by atoms with E-state index in [1.807, 2.05) is 6.07 Å². The fourth-order valence-corrected chi connectivity index (χ4v) is 2.17. The molecule has 2 N–H and O–H groups in total. The minimum atomic E-state index is -0.0499. The van der Waals surface area contributed by atoms with Gasteiger partial charge in [-0.2, -0.15) is 5.10 Å². The first kappa shape index (κ1) is 15.3. The van der Waals surface area contributed by atoms with Gasteiger partial charge in [-0.25, -0.2) is 0 Å². The molecule has 0 aliphatic rings. The van der Waals surface area contributed by atoms with Gasteiger partial charge in [-0.3, -0.25) is 9.89 Å². The summed E-state index contributed by atoms with van der Waals surface area (Å²) in [6, 6.07) is 9.00. The number of nitrogens with zero attached hydrogens (tertiary/aromatic N) is 2. The molecule has 2 rings (SSSR count). The second-order valence-corrected chi connectivity index (χ2v) is 5.15. The first-order valence-corrected chi connectivity index (χ1v) is 7.12. The van der Waals surface area contributed by atoms with Crippen molar-refractivity contribution < 1.29 is 9.90 Å². The quantitative estimate of drug-likeness (QED) is 0.855. The number of rotatable bonds is 6. The number of aromatic nitrogens is 2. The lowest BCUT2D eigenvalue weighted by Gasteiger charge is -2.16. The van der Waals surface area contributed by atoms with Crippen LogP contribution in [0.5, 0.6) is 0 Å². The molecule has 0 radical (unpaired) electrons. The maximum Gasteiger partial charge on any atom is 0.253 e. The maximum absolute atomic E-state index is 12.3. The van der Waals surface area contributed by atoms with Crippen LogP contribution in [0.4, 0.5) is 0 Å². The molecule has 0 aliphatic carbocycles. The van der Waals surface area contributed by atoms with Crippen molar-refractivity contribution in [2.45, 2.75) is 32.9 Å². The van der Waals surface area contributed by atoms with Gasteiger partial charge in [0.05, 0.1) is 24.5 Å². The number of aryl methyl sites for hydroxylation is 1. The molecule has 0 saturated carbocycles. The third-order valence-corrected chi connectivity index (χ3v) is 3.33. The van der Waals surface area contributed by atoms with E-state index in [9.17, 15) is 4.79 Å². The minimum Gasteiger partial charge on any atom is -0.392 e. The number of H-pyrrole nitrogens is 1. The van der Waals surface area contributed by atoms with Crippen molar-refractivity contribution in [1.82, 2.24) is 15.1 Å². The highest BCUT2D eigenvalue weighted by molar-refractivity contribution is 5.94. The van der Waals surface area contributed by atoms with Crippen LogP contribution in [0.25, 0.3) is 0 Å². The second kappa shape index (κ2) is 7.04. The summed E-state index contributed by atoms with van der Waals surface area (Å²) in [5.41, 5.74) is 3.37. The van der Waals surface area contributed by atoms with E-state index in [1.165, 1.54) is 0 Å². The monoisotopic (exact) mass is 287 g/mol. The Morgan fingerprint density at radius 1 is 1.33 bits per heavy atom. The lowest BCUT2D eigenvalue weighted by atomic mass is 10.1. The molecule has 0 fully saturated rings. The van der Waals surface area contributed by atoms with E-state index in [-0.39, 0.29) is 12.5 Å². The summed E-state index contributed by atoms with van der Waals surface area (Å²) in [4.78, 5) is 14.0. The van der Waals surface area contributed by atoms with Crippen molar-refractivity contribution in [2.24, 2.45) is 0 Å². The molecule has 0 spiro atoms. The zero-order chi connectivity index (χ0) is 15.2. The molecule has 0 saturated heterocycles. The number of aromatic amines is 1. The fraction of sp³-hybridized carbons (Fsp3) is 0.375. The van der Waals surface area contributed by atoms with Gasteiger partial charge in [0.1, 0.15) is 0 Å². The topological polar surface area (TPSA) is 69.2 Å². The van der Waals surface area contributed by atoms with E-state index in [2.05, 4.69) is 17.1 Å². The fourth-order valence-electron chi connectivity index (χ4n) is 2.17. The number of carbonyl (C=O) groups is 1. The third-order valence-electron chi connectivity index (χ3n) is 3.33. The number of carbonyl (C=O) groups excluding carboxylic acids is 1. The Kier molecular flexibility index (Phi) is 5.11. The van der Waals surface area contributed by atoms with Crippen molar-refractivity contribution in [3.8, 4) is 0 Å². The molecular weight excluding hydrogens is 266 g/mol. The second-order valence-electron chi connectivity index (χ2n) is 5.15. The predicted octanol–water partition coefficient (Wildman–Crippen LogP) is 2.13. The summed E-state index contributed by atoms with van der Waals surface area (Å²) in [5.74, 6) is -0.0499. The number of amides is 1. The van der Waals surface area contributed by atoms with E-state index in [4.69, 9.17) is 5.11 Å². The van der Waals surface area contributed by atoms with E-state index < -0.39 is 0 Å². The molecule has 21 heavy (non-hydrogen) atoms. The van der Waals surface area contributed by atoms with Gasteiger partial charge in [-0.1, -0.05) is 25.5 Å². The molecule has 1 amide bonds. The highest BCUT2D eigenvalue weighted by Gasteiger charge is 2.13. The number of hydrogen-bond acceptors (Lipinski definition) is 3. The Hall–Kier alpha value is -2.14. The Balaban J connectivity index is 2.00. The van der Waals surface area contributed by atoms with E-state index in [1.54, 1.807) is 36.2 Å². The normalized spacial score (nSPS) is 10.6.